The second-order valence-electron chi connectivity index (χ2n) is 4.64. The summed E-state index contributed by atoms with van der Waals surface area (Å²) in [5, 5.41) is 3.00. The number of carbonyl (C=O) groups is 1. The highest BCUT2D eigenvalue weighted by Gasteiger charge is 2.14. The Morgan fingerprint density at radius 3 is 2.79 bits per heavy atom. The van der Waals surface area contributed by atoms with Gasteiger partial charge in [0, 0.05) is 25.3 Å². The number of benzene rings is 1. The standard InChI is InChI=1S/C15H24N2O2/c1-3-4-8-13(10-16)17-15(18)14-9-6-5-7-12(14)11-19-2/h5-7,9,13H,3-4,8,10-11,16H2,1-2H3,(H,17,18). The van der Waals surface area contributed by atoms with Gasteiger partial charge < -0.3 is 15.8 Å². The van der Waals surface area contributed by atoms with Crippen LogP contribution in [0.25, 0.3) is 0 Å². The number of methoxy groups -OCH3 is 1. The van der Waals surface area contributed by atoms with Gasteiger partial charge in [-0.2, -0.15) is 0 Å². The molecule has 0 fully saturated rings. The van der Waals surface area contributed by atoms with E-state index >= 15 is 0 Å². The molecule has 0 aliphatic rings. The highest BCUT2D eigenvalue weighted by Crippen LogP contribution is 2.10. The van der Waals surface area contributed by atoms with E-state index in [1.165, 1.54) is 0 Å². The van der Waals surface area contributed by atoms with Crippen molar-refractivity contribution >= 4 is 5.91 Å². The monoisotopic (exact) mass is 264 g/mol. The van der Waals surface area contributed by atoms with Crippen molar-refractivity contribution in [3.8, 4) is 0 Å². The first-order valence-electron chi connectivity index (χ1n) is 6.80. The third-order valence-corrected chi connectivity index (χ3v) is 3.09. The van der Waals surface area contributed by atoms with Crippen LogP contribution >= 0.6 is 0 Å². The number of nitrogens with two attached hydrogens (primary N) is 1. The van der Waals surface area contributed by atoms with E-state index in [0.29, 0.717) is 18.7 Å². The van der Waals surface area contributed by atoms with Gasteiger partial charge in [-0.3, -0.25) is 4.79 Å². The summed E-state index contributed by atoms with van der Waals surface area (Å²) in [5.41, 5.74) is 7.26. The number of unbranched alkanes of at least 4 members (excludes halogenated alkanes) is 1. The summed E-state index contributed by atoms with van der Waals surface area (Å²) in [5.74, 6) is -0.0702. The highest BCUT2D eigenvalue weighted by molar-refractivity contribution is 5.95. The minimum absolute atomic E-state index is 0.0445. The molecule has 0 heterocycles. The molecular formula is C15H24N2O2. The zero-order valence-corrected chi connectivity index (χ0v) is 11.8. The fraction of sp³-hybridized carbons (Fsp3) is 0.533. The zero-order chi connectivity index (χ0) is 14.1. The smallest absolute Gasteiger partial charge is 0.251 e. The lowest BCUT2D eigenvalue weighted by atomic mass is 10.1. The number of carbonyl (C=O) groups excluding carboxylic acids is 1. The predicted octanol–water partition coefficient (Wildman–Crippen LogP) is 2.08. The van der Waals surface area contributed by atoms with Crippen molar-refractivity contribution in [1.29, 1.82) is 0 Å². The maximum Gasteiger partial charge on any atom is 0.251 e. The Morgan fingerprint density at radius 1 is 1.42 bits per heavy atom. The molecular weight excluding hydrogens is 240 g/mol. The quantitative estimate of drug-likeness (QED) is 0.755. The van der Waals surface area contributed by atoms with Gasteiger partial charge >= 0.3 is 0 Å². The third-order valence-electron chi connectivity index (χ3n) is 3.09. The van der Waals surface area contributed by atoms with Crippen LogP contribution in [0.1, 0.15) is 42.1 Å². The van der Waals surface area contributed by atoms with Crippen LogP contribution < -0.4 is 11.1 Å². The molecule has 1 atom stereocenters. The first kappa shape index (κ1) is 15.7. The fourth-order valence-corrected chi connectivity index (χ4v) is 1.99. The first-order chi connectivity index (χ1) is 9.22. The number of hydrogen-bond acceptors (Lipinski definition) is 3. The van der Waals surface area contributed by atoms with Crippen LogP contribution in [0.4, 0.5) is 0 Å². The Hall–Kier alpha value is -1.39. The largest absolute Gasteiger partial charge is 0.380 e. The number of hydrogen-bond donors (Lipinski definition) is 2. The van der Waals surface area contributed by atoms with Gasteiger partial charge in [-0.05, 0) is 18.1 Å². The summed E-state index contributed by atoms with van der Waals surface area (Å²) in [4.78, 5) is 12.3. The van der Waals surface area contributed by atoms with Gasteiger partial charge in [0.1, 0.15) is 0 Å². The van der Waals surface area contributed by atoms with Crippen LogP contribution in [-0.2, 0) is 11.3 Å². The van der Waals surface area contributed by atoms with Crippen LogP contribution in [0.15, 0.2) is 24.3 Å². The summed E-state index contributed by atoms with van der Waals surface area (Å²) < 4.78 is 5.11. The maximum atomic E-state index is 12.3. The minimum Gasteiger partial charge on any atom is -0.380 e. The lowest BCUT2D eigenvalue weighted by molar-refractivity contribution is 0.0931. The summed E-state index contributed by atoms with van der Waals surface area (Å²) in [6.45, 7) is 3.04. The second-order valence-corrected chi connectivity index (χ2v) is 4.64. The van der Waals surface area contributed by atoms with Gasteiger partial charge in [0.2, 0.25) is 0 Å². The van der Waals surface area contributed by atoms with Gasteiger partial charge in [0.05, 0.1) is 6.61 Å². The molecule has 3 N–H and O–H groups in total. The summed E-state index contributed by atoms with van der Waals surface area (Å²) in [6, 6.07) is 7.53. The molecule has 1 unspecified atom stereocenters. The van der Waals surface area contributed by atoms with E-state index < -0.39 is 0 Å². The lowest BCUT2D eigenvalue weighted by Crippen LogP contribution is -2.40. The normalized spacial score (nSPS) is 12.2. The van der Waals surface area contributed by atoms with Crippen LogP contribution in [0.2, 0.25) is 0 Å². The molecule has 1 aromatic carbocycles. The molecule has 0 spiro atoms. The molecule has 0 saturated heterocycles. The van der Waals surface area contributed by atoms with E-state index in [1.807, 2.05) is 24.3 Å². The average molecular weight is 264 g/mol. The molecule has 1 aromatic rings. The Labute approximate surface area is 115 Å². The van der Waals surface area contributed by atoms with E-state index in [2.05, 4.69) is 12.2 Å². The molecule has 0 radical (unpaired) electrons. The van der Waals surface area contributed by atoms with Crippen molar-refractivity contribution in [2.75, 3.05) is 13.7 Å². The molecule has 19 heavy (non-hydrogen) atoms. The molecule has 0 aromatic heterocycles. The van der Waals surface area contributed by atoms with Gasteiger partial charge in [0.15, 0.2) is 0 Å². The van der Waals surface area contributed by atoms with Crippen molar-refractivity contribution in [3.05, 3.63) is 35.4 Å². The minimum atomic E-state index is -0.0702. The topological polar surface area (TPSA) is 64.3 Å². The molecule has 4 heteroatoms. The molecule has 4 nitrogen and oxygen atoms in total. The predicted molar refractivity (Wildman–Crippen MR) is 77.0 cm³/mol. The van der Waals surface area contributed by atoms with Gasteiger partial charge in [-0.1, -0.05) is 38.0 Å². The van der Waals surface area contributed by atoms with Crippen molar-refractivity contribution in [2.24, 2.45) is 5.73 Å². The van der Waals surface area contributed by atoms with Crippen LogP contribution in [0, 0.1) is 0 Å². The SMILES string of the molecule is CCCCC(CN)NC(=O)c1ccccc1COC. The van der Waals surface area contributed by atoms with E-state index in [0.717, 1.165) is 24.8 Å². The van der Waals surface area contributed by atoms with E-state index in [-0.39, 0.29) is 11.9 Å². The highest BCUT2D eigenvalue weighted by atomic mass is 16.5. The molecule has 0 bridgehead atoms. The third kappa shape index (κ3) is 5.01. The maximum absolute atomic E-state index is 12.3. The number of nitrogens with one attached hydrogen (secondary N) is 1. The van der Waals surface area contributed by atoms with Crippen LogP contribution in [0.3, 0.4) is 0 Å². The molecule has 0 aliphatic heterocycles. The molecule has 1 amide bonds. The number of rotatable bonds is 8. The summed E-state index contributed by atoms with van der Waals surface area (Å²) >= 11 is 0. The molecule has 1 rings (SSSR count). The Bertz CT molecular complexity index is 393. The van der Waals surface area contributed by atoms with Crippen molar-refractivity contribution < 1.29 is 9.53 Å². The first-order valence-corrected chi connectivity index (χ1v) is 6.80. The summed E-state index contributed by atoms with van der Waals surface area (Å²) in [7, 11) is 1.62. The molecule has 106 valence electrons. The Balaban J connectivity index is 2.71. The molecule has 0 aliphatic carbocycles. The number of amides is 1. The van der Waals surface area contributed by atoms with Gasteiger partial charge in [-0.15, -0.1) is 0 Å². The van der Waals surface area contributed by atoms with E-state index in [9.17, 15) is 4.79 Å². The van der Waals surface area contributed by atoms with Gasteiger partial charge in [0.25, 0.3) is 5.91 Å². The fourth-order valence-electron chi connectivity index (χ4n) is 1.99. The second kappa shape index (κ2) is 8.67. The van der Waals surface area contributed by atoms with Crippen molar-refractivity contribution in [3.63, 3.8) is 0 Å². The lowest BCUT2D eigenvalue weighted by Gasteiger charge is -2.17. The van der Waals surface area contributed by atoms with Crippen molar-refractivity contribution in [2.45, 2.75) is 38.8 Å². The Kier molecular flexibility index (Phi) is 7.15. The van der Waals surface area contributed by atoms with Gasteiger partial charge in [-0.25, -0.2) is 0 Å². The zero-order valence-electron chi connectivity index (χ0n) is 11.8. The molecule has 0 saturated carbocycles. The summed E-state index contributed by atoms with van der Waals surface area (Å²) in [6.07, 6.45) is 3.10. The van der Waals surface area contributed by atoms with E-state index in [1.54, 1.807) is 7.11 Å². The van der Waals surface area contributed by atoms with E-state index in [4.69, 9.17) is 10.5 Å². The van der Waals surface area contributed by atoms with Crippen LogP contribution in [-0.4, -0.2) is 25.6 Å². The van der Waals surface area contributed by atoms with Crippen molar-refractivity contribution in [1.82, 2.24) is 5.32 Å². The average Bonchev–Trinajstić information content (AvgIpc) is 2.44. The number of ether oxygens (including phenoxy) is 1. The van der Waals surface area contributed by atoms with Crippen LogP contribution in [0.5, 0.6) is 0 Å². The Morgan fingerprint density at radius 2 is 2.16 bits per heavy atom.